The van der Waals surface area contributed by atoms with E-state index >= 15 is 0 Å². The lowest BCUT2D eigenvalue weighted by Gasteiger charge is -2.39. The van der Waals surface area contributed by atoms with Gasteiger partial charge < -0.3 is 10.2 Å². The van der Waals surface area contributed by atoms with E-state index in [1.54, 1.807) is 0 Å². The Kier molecular flexibility index (Phi) is 3.01. The monoisotopic (exact) mass is 210 g/mol. The lowest BCUT2D eigenvalue weighted by atomic mass is 9.84. The van der Waals surface area contributed by atoms with Gasteiger partial charge in [-0.3, -0.25) is 4.79 Å². The smallest absolute Gasteiger partial charge is 0.239 e. The molecule has 0 radical (unpaired) electrons. The molecule has 3 nitrogen and oxygen atoms in total. The Morgan fingerprint density at radius 1 is 1.40 bits per heavy atom. The topological polar surface area (TPSA) is 32.3 Å². The van der Waals surface area contributed by atoms with Gasteiger partial charge in [0.2, 0.25) is 5.91 Å². The van der Waals surface area contributed by atoms with Gasteiger partial charge in [-0.05, 0) is 37.6 Å². The fourth-order valence-corrected chi connectivity index (χ4v) is 2.73. The Hall–Kier alpha value is -0.570. The maximum Gasteiger partial charge on any atom is 0.239 e. The fraction of sp³-hybridized carbons (Fsp3) is 0.917. The van der Waals surface area contributed by atoms with Crippen LogP contribution in [0.1, 0.15) is 39.5 Å². The number of carbonyl (C=O) groups is 1. The van der Waals surface area contributed by atoms with Gasteiger partial charge in [-0.25, -0.2) is 0 Å². The summed E-state index contributed by atoms with van der Waals surface area (Å²) in [7, 11) is 0. The summed E-state index contributed by atoms with van der Waals surface area (Å²) < 4.78 is 0. The van der Waals surface area contributed by atoms with Gasteiger partial charge in [-0.15, -0.1) is 0 Å². The minimum atomic E-state index is 0.110. The Morgan fingerprint density at radius 2 is 2.20 bits per heavy atom. The van der Waals surface area contributed by atoms with E-state index in [1.807, 2.05) is 0 Å². The first-order chi connectivity index (χ1) is 7.08. The van der Waals surface area contributed by atoms with Crippen molar-refractivity contribution in [1.82, 2.24) is 10.2 Å². The molecule has 86 valence electrons. The van der Waals surface area contributed by atoms with E-state index in [-0.39, 0.29) is 6.04 Å². The number of carbonyl (C=O) groups excluding carboxylic acids is 1. The molecule has 2 heterocycles. The minimum Gasteiger partial charge on any atom is -0.341 e. The zero-order valence-corrected chi connectivity index (χ0v) is 9.88. The molecule has 3 heteroatoms. The third-order valence-corrected chi connectivity index (χ3v) is 3.57. The summed E-state index contributed by atoms with van der Waals surface area (Å²) in [6.45, 7) is 7.42. The summed E-state index contributed by atoms with van der Waals surface area (Å²) >= 11 is 0. The molecule has 2 aliphatic rings. The van der Waals surface area contributed by atoms with E-state index in [4.69, 9.17) is 0 Å². The lowest BCUT2D eigenvalue weighted by molar-refractivity contribution is -0.136. The molecule has 1 amide bonds. The average molecular weight is 210 g/mol. The van der Waals surface area contributed by atoms with Crippen LogP contribution in [-0.4, -0.2) is 36.5 Å². The zero-order valence-electron chi connectivity index (χ0n) is 9.88. The van der Waals surface area contributed by atoms with Crippen LogP contribution in [0.3, 0.4) is 0 Å². The van der Waals surface area contributed by atoms with E-state index in [0.29, 0.717) is 11.3 Å². The highest BCUT2D eigenvalue weighted by atomic mass is 16.2. The van der Waals surface area contributed by atoms with Gasteiger partial charge in [-0.2, -0.15) is 0 Å². The molecular formula is C12H22N2O. The van der Waals surface area contributed by atoms with Crippen LogP contribution in [0.2, 0.25) is 0 Å². The summed E-state index contributed by atoms with van der Waals surface area (Å²) in [5.74, 6) is 0.334. The van der Waals surface area contributed by atoms with Crippen molar-refractivity contribution in [1.29, 1.82) is 0 Å². The first-order valence-electron chi connectivity index (χ1n) is 6.11. The van der Waals surface area contributed by atoms with Crippen LogP contribution in [0.4, 0.5) is 0 Å². The zero-order chi connectivity index (χ0) is 10.9. The molecule has 2 aliphatic heterocycles. The number of likely N-dealkylation sites (tertiary alicyclic amines) is 1. The molecule has 0 aromatic rings. The van der Waals surface area contributed by atoms with Gasteiger partial charge in [0.05, 0.1) is 6.04 Å². The third kappa shape index (κ3) is 2.51. The Balaban J connectivity index is 1.94. The molecule has 0 saturated carbocycles. The SMILES string of the molecule is CC1(C)CCCN(C(=O)[C@H]2CCCN2)C1. The van der Waals surface area contributed by atoms with Gasteiger partial charge in [0.25, 0.3) is 0 Å². The van der Waals surface area contributed by atoms with E-state index < -0.39 is 0 Å². The second-order valence-corrected chi connectivity index (χ2v) is 5.68. The van der Waals surface area contributed by atoms with Crippen LogP contribution in [0.5, 0.6) is 0 Å². The average Bonchev–Trinajstić information content (AvgIpc) is 2.67. The van der Waals surface area contributed by atoms with Crippen molar-refractivity contribution in [3.05, 3.63) is 0 Å². The molecule has 0 spiro atoms. The van der Waals surface area contributed by atoms with Crippen LogP contribution in [0.25, 0.3) is 0 Å². The predicted molar refractivity (Wildman–Crippen MR) is 60.6 cm³/mol. The first kappa shape index (κ1) is 10.9. The van der Waals surface area contributed by atoms with Crippen LogP contribution in [0.15, 0.2) is 0 Å². The molecule has 2 fully saturated rings. The number of rotatable bonds is 1. The summed E-state index contributed by atoms with van der Waals surface area (Å²) in [6.07, 6.45) is 4.57. The summed E-state index contributed by atoms with van der Waals surface area (Å²) in [5, 5.41) is 3.29. The normalized spacial score (nSPS) is 30.5. The van der Waals surface area contributed by atoms with Crippen LogP contribution < -0.4 is 5.32 Å². The highest BCUT2D eigenvalue weighted by molar-refractivity contribution is 5.82. The molecule has 0 aromatic carbocycles. The van der Waals surface area contributed by atoms with Crippen molar-refractivity contribution in [2.45, 2.75) is 45.6 Å². The predicted octanol–water partition coefficient (Wildman–Crippen LogP) is 1.39. The van der Waals surface area contributed by atoms with Gasteiger partial charge in [0, 0.05) is 13.1 Å². The van der Waals surface area contributed by atoms with Crippen molar-refractivity contribution in [3.8, 4) is 0 Å². The number of nitrogens with one attached hydrogen (secondary N) is 1. The van der Waals surface area contributed by atoms with Gasteiger partial charge >= 0.3 is 0 Å². The minimum absolute atomic E-state index is 0.110. The summed E-state index contributed by atoms with van der Waals surface area (Å²) in [6, 6.07) is 0.110. The van der Waals surface area contributed by atoms with Gasteiger partial charge in [0.1, 0.15) is 0 Å². The van der Waals surface area contributed by atoms with Crippen molar-refractivity contribution >= 4 is 5.91 Å². The maximum atomic E-state index is 12.2. The molecule has 1 N–H and O–H groups in total. The van der Waals surface area contributed by atoms with Crippen LogP contribution >= 0.6 is 0 Å². The van der Waals surface area contributed by atoms with Crippen molar-refractivity contribution in [2.24, 2.45) is 5.41 Å². The molecule has 2 saturated heterocycles. The Labute approximate surface area is 92.2 Å². The van der Waals surface area contributed by atoms with Crippen molar-refractivity contribution < 1.29 is 4.79 Å². The Bertz CT molecular complexity index is 244. The van der Waals surface area contributed by atoms with Crippen molar-refractivity contribution in [2.75, 3.05) is 19.6 Å². The second-order valence-electron chi connectivity index (χ2n) is 5.68. The number of hydrogen-bond acceptors (Lipinski definition) is 2. The molecular weight excluding hydrogens is 188 g/mol. The summed E-state index contributed by atoms with van der Waals surface area (Å²) in [5.41, 5.74) is 0.312. The second kappa shape index (κ2) is 4.12. The molecule has 15 heavy (non-hydrogen) atoms. The van der Waals surface area contributed by atoms with E-state index in [0.717, 1.165) is 38.9 Å². The third-order valence-electron chi connectivity index (χ3n) is 3.57. The Morgan fingerprint density at radius 3 is 2.80 bits per heavy atom. The number of hydrogen-bond donors (Lipinski definition) is 1. The van der Waals surface area contributed by atoms with Gasteiger partial charge in [0.15, 0.2) is 0 Å². The standard InChI is InChI=1S/C12H22N2O/c1-12(2)6-4-8-14(9-12)11(15)10-5-3-7-13-10/h10,13H,3-9H2,1-2H3/t10-/m1/s1. The fourth-order valence-electron chi connectivity index (χ4n) is 2.73. The summed E-state index contributed by atoms with van der Waals surface area (Å²) in [4.78, 5) is 14.2. The van der Waals surface area contributed by atoms with Crippen LogP contribution in [-0.2, 0) is 4.79 Å². The highest BCUT2D eigenvalue weighted by Crippen LogP contribution is 2.29. The van der Waals surface area contributed by atoms with Crippen molar-refractivity contribution in [3.63, 3.8) is 0 Å². The van der Waals surface area contributed by atoms with Crippen LogP contribution in [0, 0.1) is 5.41 Å². The van der Waals surface area contributed by atoms with E-state index in [9.17, 15) is 4.79 Å². The largest absolute Gasteiger partial charge is 0.341 e. The number of amides is 1. The molecule has 1 atom stereocenters. The quantitative estimate of drug-likeness (QED) is 0.709. The van der Waals surface area contributed by atoms with E-state index in [2.05, 4.69) is 24.1 Å². The lowest BCUT2D eigenvalue weighted by Crippen LogP contribution is -2.49. The van der Waals surface area contributed by atoms with E-state index in [1.165, 1.54) is 6.42 Å². The molecule has 0 aromatic heterocycles. The highest BCUT2D eigenvalue weighted by Gasteiger charge is 2.33. The molecule has 0 bridgehead atoms. The molecule has 2 rings (SSSR count). The van der Waals surface area contributed by atoms with Gasteiger partial charge in [-0.1, -0.05) is 13.8 Å². The molecule has 0 unspecified atom stereocenters. The first-order valence-corrected chi connectivity index (χ1v) is 6.11. The molecule has 0 aliphatic carbocycles. The maximum absolute atomic E-state index is 12.2. The number of nitrogens with zero attached hydrogens (tertiary/aromatic N) is 1. The number of piperidine rings is 1.